The van der Waals surface area contributed by atoms with E-state index in [0.29, 0.717) is 5.92 Å². The number of carbonyl (C=O) groups excluding carboxylic acids is 5. The molecule has 1 aromatic carbocycles. The van der Waals surface area contributed by atoms with E-state index in [1.165, 1.54) is 19.0 Å². The Morgan fingerprint density at radius 3 is 2.23 bits per heavy atom. The number of alkyl halides is 3. The van der Waals surface area contributed by atoms with Crippen LogP contribution in [0.15, 0.2) is 6.07 Å². The maximum atomic E-state index is 14.8. The van der Waals surface area contributed by atoms with Gasteiger partial charge in [0, 0.05) is 18.0 Å². The monoisotopic (exact) mass is 605 g/mol. The molecule has 0 bridgehead atoms. The quantitative estimate of drug-likeness (QED) is 0.406. The molecule has 1 aromatic rings. The van der Waals surface area contributed by atoms with Crippen LogP contribution in [0.4, 0.5) is 13.2 Å². The fourth-order valence-electron chi connectivity index (χ4n) is 8.49. The highest BCUT2D eigenvalue weighted by Crippen LogP contribution is 2.58. The first-order valence-electron chi connectivity index (χ1n) is 14.5. The van der Waals surface area contributed by atoms with Gasteiger partial charge in [-0.05, 0) is 88.7 Å². The van der Waals surface area contributed by atoms with Crippen LogP contribution in [0, 0.1) is 29.6 Å². The summed E-state index contributed by atoms with van der Waals surface area (Å²) in [6.45, 7) is -0.101. The minimum Gasteiger partial charge on any atom is -0.507 e. The van der Waals surface area contributed by atoms with E-state index in [9.17, 15) is 47.4 Å². The first-order chi connectivity index (χ1) is 20.0. The van der Waals surface area contributed by atoms with Crippen LogP contribution in [0.2, 0.25) is 0 Å². The van der Waals surface area contributed by atoms with Gasteiger partial charge in [-0.3, -0.25) is 33.8 Å². The predicted molar refractivity (Wildman–Crippen MR) is 143 cm³/mol. The number of carbonyl (C=O) groups is 5. The summed E-state index contributed by atoms with van der Waals surface area (Å²) in [5.74, 6) is -12.8. The number of rotatable bonds is 6. The third kappa shape index (κ3) is 4.14. The lowest BCUT2D eigenvalue weighted by atomic mass is 9.52. The van der Waals surface area contributed by atoms with Gasteiger partial charge in [-0.15, -0.1) is 0 Å². The molecule has 13 heteroatoms. The average molecular weight is 606 g/mol. The molecule has 4 saturated carbocycles. The second-order valence-electron chi connectivity index (χ2n) is 13.3. The Morgan fingerprint density at radius 2 is 1.72 bits per heavy atom. The summed E-state index contributed by atoms with van der Waals surface area (Å²) in [5.41, 5.74) is -0.106. The largest absolute Gasteiger partial charge is 0.507 e. The number of phenolic OH excluding ortho intramolecular Hbond substituents is 1. The van der Waals surface area contributed by atoms with Crippen molar-refractivity contribution in [2.45, 2.75) is 68.4 Å². The maximum absolute atomic E-state index is 14.8. The lowest BCUT2D eigenvalue weighted by Crippen LogP contribution is -2.74. The van der Waals surface area contributed by atoms with Gasteiger partial charge < -0.3 is 15.9 Å². The van der Waals surface area contributed by atoms with Gasteiger partial charge in [-0.1, -0.05) is 0 Å². The Balaban J connectivity index is 1.45. The van der Waals surface area contributed by atoms with E-state index >= 15 is 0 Å². The molecule has 2 unspecified atom stereocenters. The molecule has 5 aliphatic carbocycles. The van der Waals surface area contributed by atoms with Crippen LogP contribution in [-0.4, -0.2) is 87.4 Å². The molecule has 232 valence electrons. The highest BCUT2D eigenvalue weighted by atomic mass is 19.4. The van der Waals surface area contributed by atoms with Gasteiger partial charge in [0.15, 0.2) is 34.7 Å². The van der Waals surface area contributed by atoms with Crippen LogP contribution in [-0.2, 0) is 38.3 Å². The summed E-state index contributed by atoms with van der Waals surface area (Å²) in [6, 6.07) is -0.408. The Bertz CT molecular complexity index is 1480. The van der Waals surface area contributed by atoms with E-state index in [-0.39, 0.29) is 24.1 Å². The summed E-state index contributed by atoms with van der Waals surface area (Å²) in [6.07, 6.45) is -1.87. The average Bonchev–Trinajstić information content (AvgIpc) is 3.77. The fraction of sp³-hybridized carbons (Fsp3) is 0.633. The van der Waals surface area contributed by atoms with E-state index < -0.39 is 99.4 Å². The number of benzene rings is 1. The molecule has 6 atom stereocenters. The Labute approximate surface area is 245 Å². The molecule has 10 nitrogen and oxygen atoms in total. The summed E-state index contributed by atoms with van der Waals surface area (Å²) in [4.78, 5) is 69.6. The third-order valence-corrected chi connectivity index (χ3v) is 10.7. The molecule has 0 saturated heterocycles. The van der Waals surface area contributed by atoms with Crippen LogP contribution < -0.4 is 5.73 Å². The molecule has 0 aromatic heterocycles. The van der Waals surface area contributed by atoms with Crippen LogP contribution >= 0.6 is 0 Å². The zero-order valence-corrected chi connectivity index (χ0v) is 24.0. The van der Waals surface area contributed by atoms with Crippen molar-refractivity contribution in [3.8, 4) is 5.75 Å². The minimum atomic E-state index is -4.89. The molecule has 1 amide bonds. The van der Waals surface area contributed by atoms with Crippen molar-refractivity contribution < 1.29 is 47.4 Å². The number of amides is 1. The normalized spacial score (nSPS) is 33.4. The molecule has 4 N–H and O–H groups in total. The van der Waals surface area contributed by atoms with Crippen molar-refractivity contribution >= 4 is 29.0 Å². The number of primary amides is 1. The van der Waals surface area contributed by atoms with E-state index in [1.54, 1.807) is 7.05 Å². The van der Waals surface area contributed by atoms with E-state index in [0.717, 1.165) is 31.7 Å². The van der Waals surface area contributed by atoms with Gasteiger partial charge >= 0.3 is 6.18 Å². The number of fused-ring (bicyclic) bond motifs is 3. The lowest BCUT2D eigenvalue weighted by molar-refractivity contribution is -0.181. The topological polar surface area (TPSA) is 158 Å². The number of phenols is 1. The van der Waals surface area contributed by atoms with Gasteiger partial charge in [-0.2, -0.15) is 13.2 Å². The van der Waals surface area contributed by atoms with Crippen LogP contribution in [0.5, 0.6) is 5.75 Å². The smallest absolute Gasteiger partial charge is 0.417 e. The van der Waals surface area contributed by atoms with Crippen LogP contribution in [0.1, 0.15) is 59.2 Å². The molecule has 4 fully saturated rings. The predicted octanol–water partition coefficient (Wildman–Crippen LogP) is 1.26. The van der Waals surface area contributed by atoms with Crippen LogP contribution in [0.25, 0.3) is 0 Å². The standard InChI is InChI=1S/C30H34F3N3O7/c1-35(2)22-16-9-12-8-15-19(23(38)18(12)25(40)29(16,43)26(41)20(24(22)39)27(34)42)17(37)10-13(21(15)30(31,32)33)11-36(3)28(6-7-28)14-4-5-14/h10,12,14,16,18,20,22,37,43H,4-9,11H2,1-3H3,(H2,34,42)/t12-,16-,18?,20?,22-,29-/m0/s1. The number of ketones is 4. The summed E-state index contributed by atoms with van der Waals surface area (Å²) >= 11 is 0. The van der Waals surface area contributed by atoms with Crippen molar-refractivity contribution in [2.24, 2.45) is 35.3 Å². The van der Waals surface area contributed by atoms with Crippen molar-refractivity contribution in [2.75, 3.05) is 21.1 Å². The number of likely N-dealkylation sites (N-methyl/N-ethyl adjacent to an activating group) is 1. The maximum Gasteiger partial charge on any atom is 0.417 e. The van der Waals surface area contributed by atoms with Gasteiger partial charge in [0.2, 0.25) is 5.91 Å². The molecule has 0 radical (unpaired) electrons. The highest BCUT2D eigenvalue weighted by Gasteiger charge is 2.69. The first-order valence-corrected chi connectivity index (χ1v) is 14.5. The highest BCUT2D eigenvalue weighted by molar-refractivity contribution is 6.32. The molecule has 43 heavy (non-hydrogen) atoms. The van der Waals surface area contributed by atoms with Gasteiger partial charge in [0.1, 0.15) is 5.75 Å². The molecular weight excluding hydrogens is 571 g/mol. The van der Waals surface area contributed by atoms with Gasteiger partial charge in [0.05, 0.1) is 23.1 Å². The molecule has 5 aliphatic rings. The number of Topliss-reactive ketones (excluding diaryl/α,β-unsaturated/α-hetero) is 4. The van der Waals surface area contributed by atoms with E-state index in [4.69, 9.17) is 5.73 Å². The zero-order chi connectivity index (χ0) is 31.5. The Kier molecular flexibility index (Phi) is 6.55. The number of nitrogens with two attached hydrogens (primary N) is 1. The molecular formula is C30H34F3N3O7. The number of nitrogens with zero attached hydrogens (tertiary/aromatic N) is 2. The van der Waals surface area contributed by atoms with Crippen molar-refractivity contribution in [3.63, 3.8) is 0 Å². The van der Waals surface area contributed by atoms with Crippen molar-refractivity contribution in [1.82, 2.24) is 9.80 Å². The molecule has 0 aliphatic heterocycles. The van der Waals surface area contributed by atoms with E-state index in [1.807, 2.05) is 4.90 Å². The molecule has 0 heterocycles. The fourth-order valence-corrected chi connectivity index (χ4v) is 8.49. The van der Waals surface area contributed by atoms with Gasteiger partial charge in [0.25, 0.3) is 0 Å². The molecule has 6 rings (SSSR count). The lowest BCUT2D eigenvalue weighted by Gasteiger charge is -2.52. The third-order valence-electron chi connectivity index (χ3n) is 10.7. The SMILES string of the molecule is CN(C)[C@@H]1C(=O)C(C(N)=O)C(=O)[C@@]2(O)C(=O)C3C(=O)c4c(O)cc(CN(C)C5(C6CC6)CC5)c(C(F)(F)F)c4C[C@H]3C[C@@H]12. The number of hydrogen-bond donors (Lipinski definition) is 3. The zero-order valence-electron chi connectivity index (χ0n) is 24.0. The van der Waals surface area contributed by atoms with Crippen molar-refractivity contribution in [3.05, 3.63) is 28.3 Å². The minimum absolute atomic E-state index is 0.101. The number of hydrogen-bond acceptors (Lipinski definition) is 9. The number of halogens is 3. The summed E-state index contributed by atoms with van der Waals surface area (Å²) < 4.78 is 44.4. The summed E-state index contributed by atoms with van der Waals surface area (Å²) in [7, 11) is 4.64. The second-order valence-corrected chi connectivity index (χ2v) is 13.3. The van der Waals surface area contributed by atoms with Gasteiger partial charge in [-0.25, -0.2) is 0 Å². The number of aromatic hydroxyl groups is 1. The summed E-state index contributed by atoms with van der Waals surface area (Å²) in [5, 5.41) is 22.6. The Morgan fingerprint density at radius 1 is 1.09 bits per heavy atom. The van der Waals surface area contributed by atoms with Crippen molar-refractivity contribution in [1.29, 1.82) is 0 Å². The molecule has 0 spiro atoms. The number of aliphatic hydroxyl groups is 1. The second kappa shape index (κ2) is 9.42. The van der Waals surface area contributed by atoms with Crippen LogP contribution in [0.3, 0.4) is 0 Å². The Hall–Kier alpha value is -3.16. The first kappa shape index (κ1) is 29.9. The van der Waals surface area contributed by atoms with E-state index in [2.05, 4.69) is 0 Å².